The summed E-state index contributed by atoms with van der Waals surface area (Å²) in [5.41, 5.74) is 0.563. The van der Waals surface area contributed by atoms with E-state index in [0.29, 0.717) is 13.1 Å². The van der Waals surface area contributed by atoms with E-state index < -0.39 is 5.60 Å². The number of guanidine groups is 1. The maximum Gasteiger partial charge on any atom is 0.193 e. The van der Waals surface area contributed by atoms with E-state index in [1.807, 2.05) is 35.8 Å². The summed E-state index contributed by atoms with van der Waals surface area (Å²) < 4.78 is 2.01. The van der Waals surface area contributed by atoms with Crippen molar-refractivity contribution in [3.05, 3.63) is 23.0 Å². The zero-order valence-corrected chi connectivity index (χ0v) is 13.1. The Morgan fingerprint density at radius 3 is 2.75 bits per heavy atom. The first-order chi connectivity index (χ1) is 9.43. The molecule has 0 radical (unpaired) electrons. The summed E-state index contributed by atoms with van der Waals surface area (Å²) in [7, 11) is 5.70. The summed E-state index contributed by atoms with van der Waals surface area (Å²) in [5, 5.41) is 14.1. The molecule has 20 heavy (non-hydrogen) atoms. The smallest absolute Gasteiger partial charge is 0.193 e. The third-order valence-corrected chi connectivity index (χ3v) is 4.11. The van der Waals surface area contributed by atoms with E-state index in [1.54, 1.807) is 7.05 Å². The van der Waals surface area contributed by atoms with Gasteiger partial charge in [-0.05, 0) is 25.3 Å². The SMILES string of the molecule is CN=C(NCC1(O)CCC1)N(C)Cc1cc(Cl)cn1C. The molecular formula is C14H23ClN4O. The second-order valence-corrected chi connectivity index (χ2v) is 6.03. The maximum absolute atomic E-state index is 10.1. The van der Waals surface area contributed by atoms with Gasteiger partial charge in [0.1, 0.15) is 0 Å². The van der Waals surface area contributed by atoms with Crippen molar-refractivity contribution in [2.45, 2.75) is 31.4 Å². The van der Waals surface area contributed by atoms with Crippen LogP contribution in [0.4, 0.5) is 0 Å². The Balaban J connectivity index is 1.92. The summed E-state index contributed by atoms with van der Waals surface area (Å²) >= 11 is 5.99. The van der Waals surface area contributed by atoms with Gasteiger partial charge in [0.15, 0.2) is 5.96 Å². The number of rotatable bonds is 4. The van der Waals surface area contributed by atoms with Crippen molar-refractivity contribution in [3.8, 4) is 0 Å². The van der Waals surface area contributed by atoms with E-state index in [0.717, 1.165) is 35.9 Å². The molecule has 0 unspecified atom stereocenters. The third-order valence-electron chi connectivity index (χ3n) is 3.91. The van der Waals surface area contributed by atoms with Crippen LogP contribution in [0, 0.1) is 0 Å². The van der Waals surface area contributed by atoms with Crippen molar-refractivity contribution in [2.75, 3.05) is 20.6 Å². The number of aromatic nitrogens is 1. The summed E-state index contributed by atoms with van der Waals surface area (Å²) in [6, 6.07) is 1.95. The summed E-state index contributed by atoms with van der Waals surface area (Å²) in [6.45, 7) is 1.26. The van der Waals surface area contributed by atoms with Gasteiger partial charge in [0.25, 0.3) is 0 Å². The van der Waals surface area contributed by atoms with Crippen LogP contribution in [-0.4, -0.2) is 46.8 Å². The molecule has 0 bridgehead atoms. The lowest BCUT2D eigenvalue weighted by molar-refractivity contribution is -0.0282. The van der Waals surface area contributed by atoms with Crippen molar-refractivity contribution in [1.82, 2.24) is 14.8 Å². The first kappa shape index (κ1) is 15.2. The highest BCUT2D eigenvalue weighted by molar-refractivity contribution is 6.30. The van der Waals surface area contributed by atoms with E-state index >= 15 is 0 Å². The van der Waals surface area contributed by atoms with Crippen LogP contribution in [0.5, 0.6) is 0 Å². The molecule has 1 aliphatic rings. The molecule has 0 amide bonds. The number of halogens is 1. The fourth-order valence-corrected chi connectivity index (χ4v) is 2.70. The molecule has 0 saturated heterocycles. The third kappa shape index (κ3) is 3.46. The van der Waals surface area contributed by atoms with Gasteiger partial charge >= 0.3 is 0 Å². The molecule has 1 aliphatic carbocycles. The van der Waals surface area contributed by atoms with Crippen molar-refractivity contribution in [2.24, 2.45) is 12.0 Å². The van der Waals surface area contributed by atoms with Gasteiger partial charge in [0, 0.05) is 39.6 Å². The lowest BCUT2D eigenvalue weighted by atomic mass is 9.80. The molecule has 112 valence electrons. The topological polar surface area (TPSA) is 52.8 Å². The molecule has 1 aromatic heterocycles. The Morgan fingerprint density at radius 1 is 1.60 bits per heavy atom. The van der Waals surface area contributed by atoms with Crippen LogP contribution in [0.25, 0.3) is 0 Å². The highest BCUT2D eigenvalue weighted by atomic mass is 35.5. The minimum atomic E-state index is -0.551. The number of aryl methyl sites for hydroxylation is 1. The minimum Gasteiger partial charge on any atom is -0.388 e. The molecule has 0 spiro atoms. The summed E-state index contributed by atoms with van der Waals surface area (Å²) in [6.07, 6.45) is 4.73. The van der Waals surface area contributed by atoms with E-state index in [1.165, 1.54) is 0 Å². The van der Waals surface area contributed by atoms with Gasteiger partial charge in [-0.25, -0.2) is 0 Å². The van der Waals surface area contributed by atoms with Crippen molar-refractivity contribution in [3.63, 3.8) is 0 Å². The second-order valence-electron chi connectivity index (χ2n) is 5.60. The second kappa shape index (κ2) is 6.06. The van der Waals surface area contributed by atoms with Gasteiger partial charge in [-0.2, -0.15) is 0 Å². The predicted octanol–water partition coefficient (Wildman–Crippen LogP) is 1.60. The van der Waals surface area contributed by atoms with Gasteiger partial charge in [-0.3, -0.25) is 4.99 Å². The van der Waals surface area contributed by atoms with Crippen LogP contribution < -0.4 is 5.32 Å². The number of aliphatic imine (C=N–C) groups is 1. The number of hydrogen-bond donors (Lipinski definition) is 2. The molecular weight excluding hydrogens is 276 g/mol. The first-order valence-electron chi connectivity index (χ1n) is 6.88. The predicted molar refractivity (Wildman–Crippen MR) is 82.1 cm³/mol. The van der Waals surface area contributed by atoms with Crippen LogP contribution in [-0.2, 0) is 13.6 Å². The molecule has 1 heterocycles. The van der Waals surface area contributed by atoms with Crippen molar-refractivity contribution in [1.29, 1.82) is 0 Å². The van der Waals surface area contributed by atoms with Gasteiger partial charge in [0.05, 0.1) is 17.2 Å². The Bertz CT molecular complexity index is 493. The normalized spacial score (nSPS) is 17.8. The molecule has 5 nitrogen and oxygen atoms in total. The van der Waals surface area contributed by atoms with Crippen LogP contribution in [0.3, 0.4) is 0 Å². The fourth-order valence-electron chi connectivity index (χ4n) is 2.43. The van der Waals surface area contributed by atoms with Crippen LogP contribution >= 0.6 is 11.6 Å². The molecule has 2 N–H and O–H groups in total. The molecule has 1 fully saturated rings. The molecule has 0 aliphatic heterocycles. The lowest BCUT2D eigenvalue weighted by Gasteiger charge is -2.37. The zero-order valence-electron chi connectivity index (χ0n) is 12.4. The monoisotopic (exact) mass is 298 g/mol. The molecule has 0 atom stereocenters. The Hall–Kier alpha value is -1.20. The van der Waals surface area contributed by atoms with E-state index in [-0.39, 0.29) is 0 Å². The summed E-state index contributed by atoms with van der Waals surface area (Å²) in [5.74, 6) is 0.780. The van der Waals surface area contributed by atoms with Crippen molar-refractivity contribution < 1.29 is 5.11 Å². The Morgan fingerprint density at radius 2 is 2.30 bits per heavy atom. The summed E-state index contributed by atoms with van der Waals surface area (Å²) in [4.78, 5) is 6.28. The standard InChI is InChI=1S/C14H23ClN4O/c1-16-13(17-10-14(20)5-4-6-14)19(3)9-12-7-11(15)8-18(12)2/h7-8,20H,4-6,9-10H2,1-3H3,(H,16,17). The molecule has 1 aromatic rings. The fraction of sp³-hybridized carbons (Fsp3) is 0.643. The largest absolute Gasteiger partial charge is 0.388 e. The number of hydrogen-bond acceptors (Lipinski definition) is 2. The first-order valence-corrected chi connectivity index (χ1v) is 7.26. The number of nitrogens with zero attached hydrogens (tertiary/aromatic N) is 3. The van der Waals surface area contributed by atoms with Crippen LogP contribution in [0.2, 0.25) is 5.02 Å². The van der Waals surface area contributed by atoms with E-state index in [9.17, 15) is 5.11 Å². The minimum absolute atomic E-state index is 0.551. The number of nitrogens with one attached hydrogen (secondary N) is 1. The van der Waals surface area contributed by atoms with Crippen LogP contribution in [0.1, 0.15) is 25.0 Å². The lowest BCUT2D eigenvalue weighted by Crippen LogP contribution is -2.50. The van der Waals surface area contributed by atoms with Gasteiger partial charge in [0.2, 0.25) is 0 Å². The quantitative estimate of drug-likeness (QED) is 0.656. The highest BCUT2D eigenvalue weighted by Crippen LogP contribution is 2.30. The average Bonchev–Trinajstić information content (AvgIpc) is 2.66. The van der Waals surface area contributed by atoms with Crippen LogP contribution in [0.15, 0.2) is 17.3 Å². The van der Waals surface area contributed by atoms with Gasteiger partial charge in [-0.1, -0.05) is 11.6 Å². The zero-order chi connectivity index (χ0) is 14.8. The Kier molecular flexibility index (Phi) is 4.60. The Labute approximate surface area is 125 Å². The maximum atomic E-state index is 10.1. The van der Waals surface area contributed by atoms with E-state index in [2.05, 4.69) is 10.3 Å². The molecule has 0 aromatic carbocycles. The number of aliphatic hydroxyl groups is 1. The highest BCUT2D eigenvalue weighted by Gasteiger charge is 2.34. The average molecular weight is 299 g/mol. The van der Waals surface area contributed by atoms with Gasteiger partial charge < -0.3 is 19.9 Å². The molecule has 6 heteroatoms. The van der Waals surface area contributed by atoms with Crippen molar-refractivity contribution >= 4 is 17.6 Å². The van der Waals surface area contributed by atoms with Gasteiger partial charge in [-0.15, -0.1) is 0 Å². The van der Waals surface area contributed by atoms with E-state index in [4.69, 9.17) is 11.6 Å². The molecule has 2 rings (SSSR count). The molecule has 1 saturated carbocycles.